The Hall–Kier alpha value is -4.18. The molecular formula is C29H29N5O4S. The number of hydrogen-bond donors (Lipinski definition) is 2. The number of para-hydroxylation sites is 1. The third-order valence-corrected chi connectivity index (χ3v) is 7.77. The van der Waals surface area contributed by atoms with Gasteiger partial charge in [-0.15, -0.1) is 0 Å². The van der Waals surface area contributed by atoms with Crippen LogP contribution in [0.4, 0.5) is 5.69 Å². The lowest BCUT2D eigenvalue weighted by Crippen LogP contribution is -2.43. The first-order chi connectivity index (χ1) is 19.0. The Labute approximate surface area is 230 Å². The summed E-state index contributed by atoms with van der Waals surface area (Å²) in [5.74, 6) is 0.616. The number of aliphatic imine (C=N–C) groups is 2. The second-order valence-corrected chi connectivity index (χ2v) is 10.3. The summed E-state index contributed by atoms with van der Waals surface area (Å²) in [6, 6.07) is 20.0. The first kappa shape index (κ1) is 26.4. The van der Waals surface area contributed by atoms with Gasteiger partial charge in [-0.05, 0) is 42.7 Å². The van der Waals surface area contributed by atoms with E-state index in [-0.39, 0.29) is 37.1 Å². The standard InChI is InChI=1S/C29H29N5O4S/c1-2-24(27(36)31-18-20-11-8-16-38-20)39-29-33-22-13-7-6-12-21(22)26-32-23(28(37)34(26)29)14-15-25(35)30-17-19-9-4-3-5-10-19/h3-13,16,23-24H,2,14-15,17-18H2,1H3,(H,30,35)(H,31,36). The fourth-order valence-electron chi connectivity index (χ4n) is 4.37. The van der Waals surface area contributed by atoms with Crippen LogP contribution in [0.5, 0.6) is 0 Å². The van der Waals surface area contributed by atoms with E-state index in [4.69, 9.17) is 14.4 Å². The number of fused-ring (bicyclic) bond motifs is 3. The van der Waals surface area contributed by atoms with Crippen LogP contribution in [-0.4, -0.2) is 44.9 Å². The van der Waals surface area contributed by atoms with Crippen molar-refractivity contribution in [1.82, 2.24) is 15.5 Å². The Balaban J connectivity index is 1.27. The van der Waals surface area contributed by atoms with Crippen LogP contribution < -0.4 is 10.6 Å². The summed E-state index contributed by atoms with van der Waals surface area (Å²) in [4.78, 5) is 50.0. The average molecular weight is 544 g/mol. The molecule has 2 aromatic carbocycles. The number of rotatable bonds is 10. The normalized spacial score (nSPS) is 16.6. The fraction of sp³-hybridized carbons (Fsp3) is 0.276. The average Bonchev–Trinajstić information content (AvgIpc) is 3.61. The summed E-state index contributed by atoms with van der Waals surface area (Å²) in [5.41, 5.74) is 2.45. The van der Waals surface area contributed by atoms with Crippen LogP contribution in [0, 0.1) is 0 Å². The fourth-order valence-corrected chi connectivity index (χ4v) is 5.42. The van der Waals surface area contributed by atoms with E-state index in [1.807, 2.05) is 61.5 Å². The van der Waals surface area contributed by atoms with Crippen LogP contribution in [0.1, 0.15) is 43.1 Å². The summed E-state index contributed by atoms with van der Waals surface area (Å²) in [7, 11) is 0. The monoisotopic (exact) mass is 543 g/mol. The van der Waals surface area contributed by atoms with Crippen LogP contribution in [0.3, 0.4) is 0 Å². The zero-order valence-corrected chi connectivity index (χ0v) is 22.3. The van der Waals surface area contributed by atoms with E-state index in [1.165, 1.54) is 16.7 Å². The van der Waals surface area contributed by atoms with Crippen LogP contribution in [0.15, 0.2) is 87.4 Å². The summed E-state index contributed by atoms with van der Waals surface area (Å²) in [6.07, 6.45) is 2.54. The molecular weight excluding hydrogens is 514 g/mol. The van der Waals surface area contributed by atoms with E-state index < -0.39 is 11.3 Å². The number of benzene rings is 2. The zero-order valence-electron chi connectivity index (χ0n) is 21.5. The lowest BCUT2D eigenvalue weighted by atomic mass is 10.1. The molecule has 2 atom stereocenters. The molecule has 0 spiro atoms. The van der Waals surface area contributed by atoms with Crippen molar-refractivity contribution in [1.29, 1.82) is 0 Å². The van der Waals surface area contributed by atoms with Crippen molar-refractivity contribution in [2.45, 2.75) is 50.6 Å². The Morgan fingerprint density at radius 2 is 1.82 bits per heavy atom. The SMILES string of the molecule is CCC(SC1=Nc2ccccc2C2=NC(CCC(=O)NCc3ccccc3)C(=O)N12)C(=O)NCc1ccco1. The minimum atomic E-state index is -0.702. The minimum Gasteiger partial charge on any atom is -0.467 e. The van der Waals surface area contributed by atoms with Gasteiger partial charge in [0.15, 0.2) is 5.17 Å². The number of furan rings is 1. The van der Waals surface area contributed by atoms with E-state index >= 15 is 0 Å². The quantitative estimate of drug-likeness (QED) is 0.398. The zero-order chi connectivity index (χ0) is 27.2. The Bertz CT molecular complexity index is 1400. The van der Waals surface area contributed by atoms with Gasteiger partial charge in [0.05, 0.1) is 23.7 Å². The van der Waals surface area contributed by atoms with Crippen LogP contribution in [-0.2, 0) is 27.5 Å². The largest absolute Gasteiger partial charge is 0.467 e. The van der Waals surface area contributed by atoms with E-state index in [0.29, 0.717) is 35.4 Å². The molecule has 5 rings (SSSR count). The molecule has 9 nitrogen and oxygen atoms in total. The highest BCUT2D eigenvalue weighted by atomic mass is 32.2. The lowest BCUT2D eigenvalue weighted by molar-refractivity contribution is -0.125. The van der Waals surface area contributed by atoms with Gasteiger partial charge < -0.3 is 15.1 Å². The van der Waals surface area contributed by atoms with Gasteiger partial charge in [-0.25, -0.2) is 9.89 Å². The maximum atomic E-state index is 13.5. The summed E-state index contributed by atoms with van der Waals surface area (Å²) < 4.78 is 5.30. The molecule has 3 amide bonds. The third-order valence-electron chi connectivity index (χ3n) is 6.45. The number of thioether (sulfide) groups is 1. The lowest BCUT2D eigenvalue weighted by Gasteiger charge is -2.27. The van der Waals surface area contributed by atoms with E-state index in [9.17, 15) is 14.4 Å². The number of nitrogens with one attached hydrogen (secondary N) is 2. The molecule has 3 aromatic rings. The number of carbonyl (C=O) groups excluding carboxylic acids is 3. The van der Waals surface area contributed by atoms with Gasteiger partial charge in [-0.3, -0.25) is 19.4 Å². The van der Waals surface area contributed by atoms with Gasteiger partial charge in [0.2, 0.25) is 11.8 Å². The predicted molar refractivity (Wildman–Crippen MR) is 150 cm³/mol. The molecule has 2 N–H and O–H groups in total. The molecule has 0 saturated carbocycles. The first-order valence-corrected chi connectivity index (χ1v) is 13.8. The Morgan fingerprint density at radius 3 is 2.59 bits per heavy atom. The van der Waals surface area contributed by atoms with Crippen molar-refractivity contribution in [2.24, 2.45) is 9.98 Å². The van der Waals surface area contributed by atoms with Gasteiger partial charge >= 0.3 is 0 Å². The molecule has 3 heterocycles. The molecule has 10 heteroatoms. The smallest absolute Gasteiger partial charge is 0.259 e. The Kier molecular flexibility index (Phi) is 8.21. The highest BCUT2D eigenvalue weighted by Gasteiger charge is 2.42. The van der Waals surface area contributed by atoms with Gasteiger partial charge in [0, 0.05) is 18.5 Å². The van der Waals surface area contributed by atoms with Crippen molar-refractivity contribution in [3.8, 4) is 0 Å². The van der Waals surface area contributed by atoms with E-state index in [2.05, 4.69) is 10.6 Å². The summed E-state index contributed by atoms with van der Waals surface area (Å²) in [5, 5.41) is 5.74. The number of nitrogens with zero attached hydrogens (tertiary/aromatic N) is 3. The summed E-state index contributed by atoms with van der Waals surface area (Å²) in [6.45, 7) is 2.63. The number of carbonyl (C=O) groups is 3. The second kappa shape index (κ2) is 12.1. The molecule has 2 unspecified atom stereocenters. The van der Waals surface area contributed by atoms with Gasteiger partial charge in [-0.1, -0.05) is 61.2 Å². The van der Waals surface area contributed by atoms with Crippen LogP contribution in [0.2, 0.25) is 0 Å². The molecule has 2 aliphatic heterocycles. The maximum absolute atomic E-state index is 13.5. The second-order valence-electron chi connectivity index (χ2n) is 9.17. The molecule has 39 heavy (non-hydrogen) atoms. The highest BCUT2D eigenvalue weighted by molar-refractivity contribution is 8.15. The van der Waals surface area contributed by atoms with Crippen molar-refractivity contribution < 1.29 is 18.8 Å². The number of amidine groups is 2. The van der Waals surface area contributed by atoms with Crippen LogP contribution >= 0.6 is 11.8 Å². The molecule has 2 aliphatic rings. The van der Waals surface area contributed by atoms with Crippen LogP contribution in [0.25, 0.3) is 0 Å². The topological polar surface area (TPSA) is 116 Å². The highest BCUT2D eigenvalue weighted by Crippen LogP contribution is 2.35. The summed E-state index contributed by atoms with van der Waals surface area (Å²) >= 11 is 1.24. The first-order valence-electron chi connectivity index (χ1n) is 12.9. The van der Waals surface area contributed by atoms with E-state index in [0.717, 1.165) is 11.1 Å². The van der Waals surface area contributed by atoms with Crippen molar-refractivity contribution in [3.63, 3.8) is 0 Å². The molecule has 1 aromatic heterocycles. The molecule has 0 bridgehead atoms. The van der Waals surface area contributed by atoms with Gasteiger partial charge in [-0.2, -0.15) is 0 Å². The minimum absolute atomic E-state index is 0.139. The maximum Gasteiger partial charge on any atom is 0.259 e. The molecule has 0 fully saturated rings. The van der Waals surface area contributed by atoms with E-state index in [1.54, 1.807) is 18.4 Å². The van der Waals surface area contributed by atoms with Gasteiger partial charge in [0.25, 0.3) is 5.91 Å². The Morgan fingerprint density at radius 1 is 1.03 bits per heavy atom. The van der Waals surface area contributed by atoms with Crippen molar-refractivity contribution >= 4 is 46.2 Å². The molecule has 0 radical (unpaired) electrons. The third kappa shape index (κ3) is 6.12. The van der Waals surface area contributed by atoms with Gasteiger partial charge in [0.1, 0.15) is 17.6 Å². The van der Waals surface area contributed by atoms with Crippen molar-refractivity contribution in [2.75, 3.05) is 0 Å². The number of hydrogen-bond acceptors (Lipinski definition) is 7. The molecule has 200 valence electrons. The molecule has 0 aliphatic carbocycles. The van der Waals surface area contributed by atoms with Crippen molar-refractivity contribution in [3.05, 3.63) is 89.9 Å². The molecule has 0 saturated heterocycles. The number of amides is 3. The predicted octanol–water partition coefficient (Wildman–Crippen LogP) is 4.16.